The van der Waals surface area contributed by atoms with Crippen LogP contribution in [0, 0.1) is 0 Å². The maximum atomic E-state index is 13.1. The van der Waals surface area contributed by atoms with Gasteiger partial charge in [-0.2, -0.15) is 15.4 Å². The molecule has 1 aromatic heterocycles. The molecule has 0 spiro atoms. The minimum atomic E-state index is 0.0615. The lowest BCUT2D eigenvalue weighted by molar-refractivity contribution is 0.0555. The number of aromatic nitrogens is 3. The summed E-state index contributed by atoms with van der Waals surface area (Å²) < 4.78 is 0. The average Bonchev–Trinajstić information content (AvgIpc) is 3.39. The minimum Gasteiger partial charge on any atom is -0.337 e. The fraction of sp³-hybridized carbons (Fsp3) is 0.409. The molecule has 2 aromatic carbocycles. The quantitative estimate of drug-likeness (QED) is 0.764. The van der Waals surface area contributed by atoms with E-state index in [9.17, 15) is 4.79 Å². The van der Waals surface area contributed by atoms with Gasteiger partial charge in [-0.3, -0.25) is 9.69 Å². The molecule has 1 saturated heterocycles. The van der Waals surface area contributed by atoms with Gasteiger partial charge in [0.15, 0.2) is 0 Å². The van der Waals surface area contributed by atoms with Crippen LogP contribution in [0.25, 0.3) is 11.0 Å². The number of aromatic amines is 1. The Morgan fingerprint density at radius 2 is 1.86 bits per heavy atom. The molecule has 5 rings (SSSR count). The van der Waals surface area contributed by atoms with Gasteiger partial charge < -0.3 is 4.90 Å². The summed E-state index contributed by atoms with van der Waals surface area (Å²) in [4.78, 5) is 17.6. The van der Waals surface area contributed by atoms with Crippen LogP contribution in [0.1, 0.15) is 34.3 Å². The third-order valence-corrected chi connectivity index (χ3v) is 6.41. The van der Waals surface area contributed by atoms with Crippen LogP contribution in [0.15, 0.2) is 42.5 Å². The summed E-state index contributed by atoms with van der Waals surface area (Å²) in [5, 5.41) is 10.8. The van der Waals surface area contributed by atoms with Gasteiger partial charge in [-0.25, -0.2) is 0 Å². The summed E-state index contributed by atoms with van der Waals surface area (Å²) in [6.07, 6.45) is 4.45. The topological polar surface area (TPSA) is 65.1 Å². The predicted molar refractivity (Wildman–Crippen MR) is 108 cm³/mol. The van der Waals surface area contributed by atoms with Gasteiger partial charge in [0.2, 0.25) is 0 Å². The molecule has 0 bridgehead atoms. The highest BCUT2D eigenvalue weighted by Crippen LogP contribution is 2.28. The number of carbonyl (C=O) groups excluding carboxylic acids is 1. The lowest BCUT2D eigenvalue weighted by Gasteiger charge is -2.40. The highest BCUT2D eigenvalue weighted by Gasteiger charge is 2.33. The molecule has 6 heteroatoms. The predicted octanol–water partition coefficient (Wildman–Crippen LogP) is 2.66. The second-order valence-corrected chi connectivity index (χ2v) is 8.06. The summed E-state index contributed by atoms with van der Waals surface area (Å²) in [6, 6.07) is 15.1. The Labute approximate surface area is 164 Å². The van der Waals surface area contributed by atoms with E-state index in [1.165, 1.54) is 11.1 Å². The van der Waals surface area contributed by atoms with Crippen LogP contribution in [0.3, 0.4) is 0 Å². The molecule has 6 nitrogen and oxygen atoms in total. The molecule has 1 fully saturated rings. The van der Waals surface area contributed by atoms with Gasteiger partial charge in [0.25, 0.3) is 5.91 Å². The maximum Gasteiger partial charge on any atom is 0.253 e. The van der Waals surface area contributed by atoms with E-state index in [-0.39, 0.29) is 11.9 Å². The van der Waals surface area contributed by atoms with Crippen molar-refractivity contribution in [1.29, 1.82) is 0 Å². The van der Waals surface area contributed by atoms with Gasteiger partial charge in [-0.05, 0) is 61.6 Å². The average molecular weight is 375 g/mol. The number of nitrogens with zero attached hydrogens (tertiary/aromatic N) is 4. The van der Waals surface area contributed by atoms with Crippen molar-refractivity contribution in [3.63, 3.8) is 0 Å². The third-order valence-electron chi connectivity index (χ3n) is 6.41. The second-order valence-electron chi connectivity index (χ2n) is 8.06. The molecular weight excluding hydrogens is 350 g/mol. The number of benzene rings is 2. The van der Waals surface area contributed by atoms with E-state index in [1.54, 1.807) is 0 Å². The summed E-state index contributed by atoms with van der Waals surface area (Å²) in [7, 11) is 1.94. The number of amides is 1. The zero-order valence-electron chi connectivity index (χ0n) is 16.1. The fourth-order valence-electron chi connectivity index (χ4n) is 4.77. The van der Waals surface area contributed by atoms with Gasteiger partial charge >= 0.3 is 0 Å². The SMILES string of the molecule is CN(C(=O)c1ccc2n[nH]nc2c1)[C@@H]1CCCN(C2Cc3ccccc3C2)C1. The zero-order chi connectivity index (χ0) is 19.1. The zero-order valence-corrected chi connectivity index (χ0v) is 16.1. The number of likely N-dealkylation sites (N-methyl/N-ethyl adjacent to an activating group) is 1. The molecule has 0 radical (unpaired) electrons. The molecule has 1 amide bonds. The summed E-state index contributed by atoms with van der Waals surface area (Å²) in [5.74, 6) is 0.0615. The first-order valence-corrected chi connectivity index (χ1v) is 10.1. The van der Waals surface area contributed by atoms with Crippen LogP contribution in [-0.2, 0) is 12.8 Å². The summed E-state index contributed by atoms with van der Waals surface area (Å²) in [6.45, 7) is 2.08. The van der Waals surface area contributed by atoms with Crippen molar-refractivity contribution in [2.24, 2.45) is 0 Å². The van der Waals surface area contributed by atoms with Crippen molar-refractivity contribution in [2.75, 3.05) is 20.1 Å². The number of nitrogens with one attached hydrogen (secondary N) is 1. The normalized spacial score (nSPS) is 20.4. The lowest BCUT2D eigenvalue weighted by Crippen LogP contribution is -2.51. The fourth-order valence-corrected chi connectivity index (χ4v) is 4.77. The second kappa shape index (κ2) is 7.02. The minimum absolute atomic E-state index is 0.0615. The number of carbonyl (C=O) groups is 1. The van der Waals surface area contributed by atoms with Crippen LogP contribution in [-0.4, -0.2) is 63.3 Å². The first-order valence-electron chi connectivity index (χ1n) is 10.1. The largest absolute Gasteiger partial charge is 0.337 e. The van der Waals surface area contributed by atoms with Crippen LogP contribution >= 0.6 is 0 Å². The van der Waals surface area contributed by atoms with Crippen molar-refractivity contribution in [3.8, 4) is 0 Å². The lowest BCUT2D eigenvalue weighted by atomic mass is 10.0. The van der Waals surface area contributed by atoms with E-state index in [4.69, 9.17) is 0 Å². The Morgan fingerprint density at radius 1 is 1.11 bits per heavy atom. The summed E-state index contributed by atoms with van der Waals surface area (Å²) >= 11 is 0. The summed E-state index contributed by atoms with van der Waals surface area (Å²) in [5.41, 5.74) is 5.16. The Morgan fingerprint density at radius 3 is 2.64 bits per heavy atom. The molecule has 1 N–H and O–H groups in total. The molecule has 144 valence electrons. The standard InChI is InChI=1S/C22H25N5O/c1-26(22(28)17-8-9-20-21(13-17)24-25-23-20)18-7-4-10-27(14-18)19-11-15-5-2-3-6-16(15)12-19/h2-3,5-6,8-9,13,18-19H,4,7,10-12,14H2,1H3,(H,23,24,25)/t18-/m1/s1. The van der Waals surface area contributed by atoms with Crippen molar-refractivity contribution in [3.05, 3.63) is 59.2 Å². The van der Waals surface area contributed by atoms with E-state index in [0.29, 0.717) is 11.6 Å². The number of piperidine rings is 1. The first-order chi connectivity index (χ1) is 13.7. The van der Waals surface area contributed by atoms with Gasteiger partial charge in [0.1, 0.15) is 11.0 Å². The van der Waals surface area contributed by atoms with Crippen molar-refractivity contribution in [1.82, 2.24) is 25.2 Å². The Bertz CT molecular complexity index is 988. The van der Waals surface area contributed by atoms with Gasteiger partial charge in [-0.15, -0.1) is 0 Å². The van der Waals surface area contributed by atoms with Crippen molar-refractivity contribution in [2.45, 2.75) is 37.8 Å². The van der Waals surface area contributed by atoms with E-state index in [1.807, 2.05) is 30.1 Å². The third kappa shape index (κ3) is 3.07. The van der Waals surface area contributed by atoms with Gasteiger partial charge in [-0.1, -0.05) is 24.3 Å². The molecular formula is C22H25N5O. The molecule has 1 aliphatic carbocycles. The number of fused-ring (bicyclic) bond motifs is 2. The highest BCUT2D eigenvalue weighted by molar-refractivity contribution is 5.97. The highest BCUT2D eigenvalue weighted by atomic mass is 16.2. The molecule has 2 aliphatic rings. The van der Waals surface area contributed by atoms with Gasteiger partial charge in [0, 0.05) is 31.2 Å². The van der Waals surface area contributed by atoms with Crippen LogP contribution in [0.5, 0.6) is 0 Å². The van der Waals surface area contributed by atoms with Crippen molar-refractivity contribution < 1.29 is 4.79 Å². The smallest absolute Gasteiger partial charge is 0.253 e. The molecule has 1 atom stereocenters. The molecule has 2 heterocycles. The van der Waals surface area contributed by atoms with Crippen molar-refractivity contribution >= 4 is 16.9 Å². The number of rotatable bonds is 3. The monoisotopic (exact) mass is 375 g/mol. The first kappa shape index (κ1) is 17.4. The van der Waals surface area contributed by atoms with E-state index in [2.05, 4.69) is 44.6 Å². The Hall–Kier alpha value is -2.73. The van der Waals surface area contributed by atoms with E-state index in [0.717, 1.165) is 49.8 Å². The molecule has 1 aliphatic heterocycles. The van der Waals surface area contributed by atoms with Crippen LogP contribution in [0.2, 0.25) is 0 Å². The molecule has 0 unspecified atom stereocenters. The van der Waals surface area contributed by atoms with Crippen LogP contribution < -0.4 is 0 Å². The van der Waals surface area contributed by atoms with E-state index < -0.39 is 0 Å². The molecule has 3 aromatic rings. The van der Waals surface area contributed by atoms with Gasteiger partial charge in [0.05, 0.1) is 0 Å². The van der Waals surface area contributed by atoms with Crippen LogP contribution in [0.4, 0.5) is 0 Å². The number of H-pyrrole nitrogens is 1. The number of likely N-dealkylation sites (tertiary alicyclic amines) is 1. The Kier molecular flexibility index (Phi) is 4.36. The van der Waals surface area contributed by atoms with E-state index >= 15 is 0 Å². The maximum absolute atomic E-state index is 13.1. The number of hydrogen-bond donors (Lipinski definition) is 1. The number of hydrogen-bond acceptors (Lipinski definition) is 4. The molecule has 28 heavy (non-hydrogen) atoms. The Balaban J connectivity index is 1.28. The molecule has 0 saturated carbocycles.